The predicted molar refractivity (Wildman–Crippen MR) is 59.2 cm³/mol. The molecule has 3 N–H and O–H groups in total. The molecular weight excluding hydrogens is 174 g/mol. The van der Waals surface area contributed by atoms with Crippen LogP contribution in [0, 0.1) is 11.3 Å². The van der Waals surface area contributed by atoms with Gasteiger partial charge in [0.15, 0.2) is 0 Å². The van der Waals surface area contributed by atoms with E-state index in [0.717, 1.165) is 19.0 Å². The number of likely N-dealkylation sites (tertiary alicyclic amines) is 1. The first kappa shape index (κ1) is 10.4. The number of nitrogens with two attached hydrogens (primary N) is 1. The van der Waals surface area contributed by atoms with Crippen LogP contribution in [0.1, 0.15) is 19.3 Å². The molecule has 1 unspecified atom stereocenters. The summed E-state index contributed by atoms with van der Waals surface area (Å²) in [6, 6.07) is 0. The Morgan fingerprint density at radius 1 is 1.50 bits per heavy atom. The van der Waals surface area contributed by atoms with Crippen molar-refractivity contribution in [3.05, 3.63) is 0 Å². The normalized spacial score (nSPS) is 30.9. The standard InChI is InChI=1S/C11H23N3/c1-14-5-2-10(7-14)6-13-9-11(8-12)3-4-11/h10,13H,2-9,12H2,1H3. The molecule has 1 saturated carbocycles. The summed E-state index contributed by atoms with van der Waals surface area (Å²) < 4.78 is 0. The van der Waals surface area contributed by atoms with E-state index in [1.165, 1.54) is 38.9 Å². The summed E-state index contributed by atoms with van der Waals surface area (Å²) in [5, 5.41) is 3.59. The second-order valence-corrected chi connectivity index (χ2v) is 5.25. The van der Waals surface area contributed by atoms with E-state index in [4.69, 9.17) is 5.73 Å². The van der Waals surface area contributed by atoms with Crippen molar-refractivity contribution in [1.29, 1.82) is 0 Å². The van der Waals surface area contributed by atoms with Crippen LogP contribution < -0.4 is 11.1 Å². The molecule has 82 valence electrons. The van der Waals surface area contributed by atoms with E-state index in [-0.39, 0.29) is 0 Å². The lowest BCUT2D eigenvalue weighted by atomic mass is 10.1. The maximum absolute atomic E-state index is 5.74. The summed E-state index contributed by atoms with van der Waals surface area (Å²) in [6.45, 7) is 5.73. The van der Waals surface area contributed by atoms with E-state index in [9.17, 15) is 0 Å². The molecular formula is C11H23N3. The Kier molecular flexibility index (Phi) is 3.10. The maximum Gasteiger partial charge on any atom is 0.00200 e. The van der Waals surface area contributed by atoms with Crippen molar-refractivity contribution in [3.63, 3.8) is 0 Å². The van der Waals surface area contributed by atoms with Crippen LogP contribution in [-0.4, -0.2) is 44.7 Å². The van der Waals surface area contributed by atoms with Crippen molar-refractivity contribution in [2.24, 2.45) is 17.1 Å². The van der Waals surface area contributed by atoms with Crippen LogP contribution in [0.2, 0.25) is 0 Å². The Hall–Kier alpha value is -0.120. The minimum atomic E-state index is 0.491. The van der Waals surface area contributed by atoms with Gasteiger partial charge in [0.2, 0.25) is 0 Å². The van der Waals surface area contributed by atoms with Gasteiger partial charge in [-0.1, -0.05) is 0 Å². The Labute approximate surface area is 87.0 Å². The second kappa shape index (κ2) is 4.17. The van der Waals surface area contributed by atoms with E-state index in [2.05, 4.69) is 17.3 Å². The minimum absolute atomic E-state index is 0.491. The van der Waals surface area contributed by atoms with Crippen LogP contribution in [0.25, 0.3) is 0 Å². The van der Waals surface area contributed by atoms with Crippen molar-refractivity contribution in [3.8, 4) is 0 Å². The summed E-state index contributed by atoms with van der Waals surface area (Å²) in [7, 11) is 2.21. The number of hydrogen-bond donors (Lipinski definition) is 2. The second-order valence-electron chi connectivity index (χ2n) is 5.25. The zero-order chi connectivity index (χ0) is 10.0. The topological polar surface area (TPSA) is 41.3 Å². The third-order valence-electron chi connectivity index (χ3n) is 3.81. The molecule has 0 aromatic heterocycles. The van der Waals surface area contributed by atoms with Gasteiger partial charge in [0.05, 0.1) is 0 Å². The van der Waals surface area contributed by atoms with Gasteiger partial charge in [0, 0.05) is 13.1 Å². The molecule has 2 fully saturated rings. The highest BCUT2D eigenvalue weighted by atomic mass is 15.1. The van der Waals surface area contributed by atoms with E-state index >= 15 is 0 Å². The van der Waals surface area contributed by atoms with Crippen LogP contribution in [-0.2, 0) is 0 Å². The van der Waals surface area contributed by atoms with Crippen LogP contribution >= 0.6 is 0 Å². The first-order chi connectivity index (χ1) is 6.74. The molecule has 0 radical (unpaired) electrons. The van der Waals surface area contributed by atoms with Gasteiger partial charge >= 0.3 is 0 Å². The van der Waals surface area contributed by atoms with Crippen molar-refractivity contribution in [2.75, 3.05) is 39.8 Å². The highest BCUT2D eigenvalue weighted by Gasteiger charge is 2.40. The summed E-state index contributed by atoms with van der Waals surface area (Å²) in [5.41, 5.74) is 6.23. The molecule has 0 aromatic rings. The molecule has 1 aliphatic heterocycles. The number of nitrogens with zero attached hydrogens (tertiary/aromatic N) is 1. The van der Waals surface area contributed by atoms with Gasteiger partial charge in [-0.05, 0) is 57.3 Å². The fourth-order valence-electron chi connectivity index (χ4n) is 2.36. The maximum atomic E-state index is 5.74. The predicted octanol–water partition coefficient (Wildman–Crippen LogP) is 0.267. The summed E-state index contributed by atoms with van der Waals surface area (Å²) >= 11 is 0. The molecule has 1 heterocycles. The first-order valence-corrected chi connectivity index (χ1v) is 5.83. The van der Waals surface area contributed by atoms with Gasteiger partial charge < -0.3 is 16.0 Å². The Balaban J connectivity index is 1.59. The molecule has 14 heavy (non-hydrogen) atoms. The zero-order valence-electron chi connectivity index (χ0n) is 9.26. The average Bonchev–Trinajstić information content (AvgIpc) is 2.84. The molecule has 0 aromatic carbocycles. The molecule has 2 aliphatic rings. The van der Waals surface area contributed by atoms with E-state index in [1.807, 2.05) is 0 Å². The molecule has 3 nitrogen and oxygen atoms in total. The summed E-state index contributed by atoms with van der Waals surface area (Å²) in [4.78, 5) is 2.42. The van der Waals surface area contributed by atoms with Crippen molar-refractivity contribution in [2.45, 2.75) is 19.3 Å². The van der Waals surface area contributed by atoms with E-state index in [0.29, 0.717) is 5.41 Å². The average molecular weight is 197 g/mol. The Bertz CT molecular complexity index is 189. The van der Waals surface area contributed by atoms with Crippen LogP contribution in [0.3, 0.4) is 0 Å². The van der Waals surface area contributed by atoms with Gasteiger partial charge in [0.25, 0.3) is 0 Å². The smallest absolute Gasteiger partial charge is 0.00200 e. The third kappa shape index (κ3) is 2.47. The minimum Gasteiger partial charge on any atom is -0.330 e. The molecule has 3 heteroatoms. The Morgan fingerprint density at radius 2 is 2.29 bits per heavy atom. The van der Waals surface area contributed by atoms with Crippen molar-refractivity contribution < 1.29 is 0 Å². The summed E-state index contributed by atoms with van der Waals surface area (Å²) in [6.07, 6.45) is 4.03. The monoisotopic (exact) mass is 197 g/mol. The fourth-order valence-corrected chi connectivity index (χ4v) is 2.36. The highest BCUT2D eigenvalue weighted by Crippen LogP contribution is 2.43. The third-order valence-corrected chi connectivity index (χ3v) is 3.81. The molecule has 1 aliphatic carbocycles. The Morgan fingerprint density at radius 3 is 2.79 bits per heavy atom. The zero-order valence-corrected chi connectivity index (χ0v) is 9.26. The lowest BCUT2D eigenvalue weighted by Gasteiger charge is -2.16. The van der Waals surface area contributed by atoms with Crippen LogP contribution in [0.4, 0.5) is 0 Å². The molecule has 0 amide bonds. The SMILES string of the molecule is CN1CCC(CNCC2(CN)CC2)C1. The largest absolute Gasteiger partial charge is 0.330 e. The summed E-state index contributed by atoms with van der Waals surface area (Å²) in [5.74, 6) is 0.869. The molecule has 1 atom stereocenters. The quantitative estimate of drug-likeness (QED) is 0.664. The molecule has 0 spiro atoms. The van der Waals surface area contributed by atoms with E-state index in [1.54, 1.807) is 0 Å². The number of nitrogens with one attached hydrogen (secondary N) is 1. The van der Waals surface area contributed by atoms with Crippen LogP contribution in [0.15, 0.2) is 0 Å². The van der Waals surface area contributed by atoms with Gasteiger partial charge in [-0.2, -0.15) is 0 Å². The van der Waals surface area contributed by atoms with Gasteiger partial charge in [-0.15, -0.1) is 0 Å². The molecule has 1 saturated heterocycles. The van der Waals surface area contributed by atoms with Gasteiger partial charge in [-0.3, -0.25) is 0 Å². The first-order valence-electron chi connectivity index (χ1n) is 5.83. The number of rotatable bonds is 5. The molecule has 0 bridgehead atoms. The molecule has 2 rings (SSSR count). The van der Waals surface area contributed by atoms with Crippen molar-refractivity contribution >= 4 is 0 Å². The van der Waals surface area contributed by atoms with E-state index < -0.39 is 0 Å². The lowest BCUT2D eigenvalue weighted by Crippen LogP contribution is -2.33. The van der Waals surface area contributed by atoms with Gasteiger partial charge in [-0.25, -0.2) is 0 Å². The fraction of sp³-hybridized carbons (Fsp3) is 1.00. The van der Waals surface area contributed by atoms with Crippen molar-refractivity contribution in [1.82, 2.24) is 10.2 Å². The van der Waals surface area contributed by atoms with Crippen LogP contribution in [0.5, 0.6) is 0 Å². The highest BCUT2D eigenvalue weighted by molar-refractivity contribution is 4.95. The number of hydrogen-bond acceptors (Lipinski definition) is 3. The lowest BCUT2D eigenvalue weighted by molar-refractivity contribution is 0.378. The van der Waals surface area contributed by atoms with Gasteiger partial charge in [0.1, 0.15) is 0 Å².